The van der Waals surface area contributed by atoms with Crippen LogP contribution in [0.5, 0.6) is 0 Å². The molecule has 1 aliphatic rings. The fourth-order valence-corrected chi connectivity index (χ4v) is 2.02. The van der Waals surface area contributed by atoms with Crippen molar-refractivity contribution in [1.29, 1.82) is 0 Å². The van der Waals surface area contributed by atoms with E-state index in [-0.39, 0.29) is 0 Å². The Bertz CT molecular complexity index is 374. The Morgan fingerprint density at radius 1 is 1.18 bits per heavy atom. The summed E-state index contributed by atoms with van der Waals surface area (Å²) < 4.78 is 0. The quantitative estimate of drug-likeness (QED) is 0.764. The van der Waals surface area contributed by atoms with E-state index in [1.807, 2.05) is 12.1 Å². The van der Waals surface area contributed by atoms with Crippen LogP contribution in [0, 0.1) is 0 Å². The molecule has 17 heavy (non-hydrogen) atoms. The average Bonchev–Trinajstić information content (AvgIpc) is 2.35. The maximum absolute atomic E-state index is 11.2. The van der Waals surface area contributed by atoms with Gasteiger partial charge in [0.15, 0.2) is 0 Å². The predicted molar refractivity (Wildman–Crippen MR) is 69.1 cm³/mol. The van der Waals surface area contributed by atoms with Crippen molar-refractivity contribution in [3.8, 4) is 0 Å². The van der Waals surface area contributed by atoms with Crippen molar-refractivity contribution < 1.29 is 4.79 Å². The van der Waals surface area contributed by atoms with E-state index in [1.54, 1.807) is 17.1 Å². The Morgan fingerprint density at radius 2 is 1.76 bits per heavy atom. The first-order chi connectivity index (χ1) is 8.20. The van der Waals surface area contributed by atoms with E-state index >= 15 is 0 Å². The molecule has 0 unspecified atom stereocenters. The molecular weight excluding hydrogens is 238 g/mol. The van der Waals surface area contributed by atoms with Gasteiger partial charge >= 0.3 is 0 Å². The number of anilines is 1. The third kappa shape index (κ3) is 2.97. The Labute approximate surface area is 106 Å². The fourth-order valence-electron chi connectivity index (χ4n) is 1.90. The maximum atomic E-state index is 11.2. The van der Waals surface area contributed by atoms with E-state index in [4.69, 9.17) is 11.6 Å². The molecule has 0 bridgehead atoms. The average molecular weight is 254 g/mol. The number of carbonyl (C=O) groups is 1. The predicted octanol–water partition coefficient (Wildman–Crippen LogP) is 1.47. The molecule has 1 saturated heterocycles. The van der Waals surface area contributed by atoms with Crippen molar-refractivity contribution in [3.63, 3.8) is 0 Å². The number of carbonyl (C=O) groups excluding carboxylic acids is 1. The van der Waals surface area contributed by atoms with Gasteiger partial charge in [-0.2, -0.15) is 0 Å². The van der Waals surface area contributed by atoms with Crippen LogP contribution in [0.4, 0.5) is 5.69 Å². The van der Waals surface area contributed by atoms with Gasteiger partial charge < -0.3 is 4.90 Å². The summed E-state index contributed by atoms with van der Waals surface area (Å²) in [6.07, 6.45) is 0.856. The highest BCUT2D eigenvalue weighted by atomic mass is 35.5. The van der Waals surface area contributed by atoms with Gasteiger partial charge in [-0.25, -0.2) is 10.0 Å². The lowest BCUT2D eigenvalue weighted by molar-refractivity contribution is -0.110. The molecule has 1 heterocycles. The lowest BCUT2D eigenvalue weighted by Gasteiger charge is -2.37. The fraction of sp³-hybridized carbons (Fsp3) is 0.417. The number of rotatable bonds is 3. The first-order valence-corrected chi connectivity index (χ1v) is 6.02. The summed E-state index contributed by atoms with van der Waals surface area (Å²) in [5.74, 6) is 0. The van der Waals surface area contributed by atoms with E-state index < -0.39 is 0 Å². The SMILES string of the molecule is CN1CCN(N(C=O)c2ccc(Cl)cc2)CC1. The van der Waals surface area contributed by atoms with E-state index in [1.165, 1.54) is 0 Å². The highest BCUT2D eigenvalue weighted by molar-refractivity contribution is 6.30. The second-order valence-electron chi connectivity index (χ2n) is 4.18. The molecule has 4 nitrogen and oxygen atoms in total. The molecule has 1 amide bonds. The van der Waals surface area contributed by atoms with Gasteiger partial charge in [0.1, 0.15) is 0 Å². The molecule has 1 aromatic rings. The van der Waals surface area contributed by atoms with Crippen molar-refractivity contribution in [1.82, 2.24) is 9.91 Å². The van der Waals surface area contributed by atoms with Crippen molar-refractivity contribution in [2.45, 2.75) is 0 Å². The number of piperazine rings is 1. The minimum absolute atomic E-state index is 0.679. The van der Waals surface area contributed by atoms with Gasteiger partial charge in [-0.05, 0) is 31.3 Å². The third-order valence-corrected chi connectivity index (χ3v) is 3.23. The number of nitrogens with zero attached hydrogens (tertiary/aromatic N) is 3. The lowest BCUT2D eigenvalue weighted by atomic mass is 10.3. The van der Waals surface area contributed by atoms with Crippen molar-refractivity contribution in [2.75, 3.05) is 38.2 Å². The molecule has 2 rings (SSSR count). The number of benzene rings is 1. The Kier molecular flexibility index (Phi) is 3.99. The van der Waals surface area contributed by atoms with Gasteiger partial charge in [-0.15, -0.1) is 0 Å². The summed E-state index contributed by atoms with van der Waals surface area (Å²) in [6, 6.07) is 7.30. The Morgan fingerprint density at radius 3 is 2.29 bits per heavy atom. The summed E-state index contributed by atoms with van der Waals surface area (Å²) in [5, 5.41) is 4.39. The largest absolute Gasteiger partial charge is 0.304 e. The van der Waals surface area contributed by atoms with Crippen LogP contribution in [0.15, 0.2) is 24.3 Å². The number of hydrogen-bond donors (Lipinski definition) is 0. The van der Waals surface area contributed by atoms with Gasteiger partial charge in [0.05, 0.1) is 5.69 Å². The summed E-state index contributed by atoms with van der Waals surface area (Å²) in [7, 11) is 2.09. The van der Waals surface area contributed by atoms with E-state index in [0.29, 0.717) is 5.02 Å². The van der Waals surface area contributed by atoms with Crippen molar-refractivity contribution in [2.24, 2.45) is 0 Å². The summed E-state index contributed by atoms with van der Waals surface area (Å²) in [4.78, 5) is 13.5. The van der Waals surface area contributed by atoms with Crippen LogP contribution in [0.3, 0.4) is 0 Å². The Hall–Kier alpha value is -1.10. The van der Waals surface area contributed by atoms with Gasteiger partial charge in [-0.3, -0.25) is 4.79 Å². The number of amides is 1. The van der Waals surface area contributed by atoms with Gasteiger partial charge in [0.25, 0.3) is 0 Å². The molecule has 1 aromatic carbocycles. The van der Waals surface area contributed by atoms with Crippen LogP contribution in [0.2, 0.25) is 5.02 Å². The molecule has 1 aliphatic heterocycles. The van der Waals surface area contributed by atoms with Crippen LogP contribution < -0.4 is 5.01 Å². The Balaban J connectivity index is 2.10. The highest BCUT2D eigenvalue weighted by Crippen LogP contribution is 2.19. The second kappa shape index (κ2) is 5.49. The maximum Gasteiger partial charge on any atom is 0.228 e. The standard InChI is InChI=1S/C12H16ClN3O/c1-14-6-8-15(9-7-14)16(10-17)12-4-2-11(13)3-5-12/h2-5,10H,6-9H2,1H3. The molecule has 0 radical (unpaired) electrons. The molecule has 92 valence electrons. The molecule has 0 atom stereocenters. The summed E-state index contributed by atoms with van der Waals surface area (Å²) in [5.41, 5.74) is 0.856. The summed E-state index contributed by atoms with van der Waals surface area (Å²) >= 11 is 5.84. The first kappa shape index (κ1) is 12.4. The smallest absolute Gasteiger partial charge is 0.228 e. The van der Waals surface area contributed by atoms with Crippen molar-refractivity contribution >= 4 is 23.7 Å². The minimum Gasteiger partial charge on any atom is -0.304 e. The molecule has 5 heteroatoms. The molecule has 1 fully saturated rings. The highest BCUT2D eigenvalue weighted by Gasteiger charge is 2.20. The van der Waals surface area contributed by atoms with Gasteiger partial charge in [0, 0.05) is 31.2 Å². The molecule has 0 N–H and O–H groups in total. The number of halogens is 1. The normalized spacial score (nSPS) is 18.0. The minimum atomic E-state index is 0.679. The van der Waals surface area contributed by atoms with Crippen molar-refractivity contribution in [3.05, 3.63) is 29.3 Å². The zero-order chi connectivity index (χ0) is 12.3. The zero-order valence-electron chi connectivity index (χ0n) is 9.84. The molecule has 0 spiro atoms. The molecule has 0 aliphatic carbocycles. The van der Waals surface area contributed by atoms with Gasteiger partial charge in [0.2, 0.25) is 6.41 Å². The number of likely N-dealkylation sites (N-methyl/N-ethyl adjacent to an activating group) is 1. The number of hydrazine groups is 1. The van der Waals surface area contributed by atoms with Crippen LogP contribution in [0.25, 0.3) is 0 Å². The monoisotopic (exact) mass is 253 g/mol. The van der Waals surface area contributed by atoms with Crippen LogP contribution in [-0.2, 0) is 4.79 Å². The topological polar surface area (TPSA) is 26.8 Å². The van der Waals surface area contributed by atoms with Crippen LogP contribution in [-0.4, -0.2) is 49.5 Å². The zero-order valence-corrected chi connectivity index (χ0v) is 10.6. The van der Waals surface area contributed by atoms with E-state index in [2.05, 4.69) is 17.0 Å². The molecular formula is C12H16ClN3O. The third-order valence-electron chi connectivity index (χ3n) is 2.98. The van der Waals surface area contributed by atoms with Gasteiger partial charge in [-0.1, -0.05) is 11.6 Å². The number of hydrogen-bond acceptors (Lipinski definition) is 3. The molecule has 0 aromatic heterocycles. The van der Waals surface area contributed by atoms with E-state index in [9.17, 15) is 4.79 Å². The lowest BCUT2D eigenvalue weighted by Crippen LogP contribution is -2.52. The summed E-state index contributed by atoms with van der Waals surface area (Å²) in [6.45, 7) is 3.66. The first-order valence-electron chi connectivity index (χ1n) is 5.64. The van der Waals surface area contributed by atoms with E-state index in [0.717, 1.165) is 38.3 Å². The second-order valence-corrected chi connectivity index (χ2v) is 4.62. The van der Waals surface area contributed by atoms with Crippen LogP contribution in [0.1, 0.15) is 0 Å². The van der Waals surface area contributed by atoms with Crippen LogP contribution >= 0.6 is 11.6 Å². The molecule has 0 saturated carbocycles.